The summed E-state index contributed by atoms with van der Waals surface area (Å²) in [6.45, 7) is 4.65. The monoisotopic (exact) mass is 423 g/mol. The van der Waals surface area contributed by atoms with E-state index in [9.17, 15) is 4.79 Å². The highest BCUT2D eigenvalue weighted by Gasteiger charge is 2.32. The molecule has 31 heavy (non-hydrogen) atoms. The number of hydrogen-bond donors (Lipinski definition) is 0. The summed E-state index contributed by atoms with van der Waals surface area (Å²) in [5.74, 6) is 1.12. The minimum absolute atomic E-state index is 0.0672. The van der Waals surface area contributed by atoms with E-state index in [-0.39, 0.29) is 12.0 Å². The summed E-state index contributed by atoms with van der Waals surface area (Å²) >= 11 is 0. The number of methoxy groups -OCH3 is 1. The number of rotatable bonds is 3. The second-order valence-electron chi connectivity index (χ2n) is 8.51. The molecule has 3 heterocycles. The molecule has 1 aromatic heterocycles. The molecule has 2 atom stereocenters. The van der Waals surface area contributed by atoms with E-state index in [1.165, 1.54) is 0 Å². The van der Waals surface area contributed by atoms with Gasteiger partial charge in [0.05, 0.1) is 17.4 Å². The summed E-state index contributed by atoms with van der Waals surface area (Å²) in [5.41, 5.74) is 1.73. The lowest BCUT2D eigenvalue weighted by Crippen LogP contribution is -2.46. The van der Waals surface area contributed by atoms with Crippen molar-refractivity contribution in [2.75, 3.05) is 39.9 Å². The molecule has 2 aliphatic rings. The van der Waals surface area contributed by atoms with Gasteiger partial charge in [0, 0.05) is 45.4 Å². The zero-order valence-corrected chi connectivity index (χ0v) is 18.4. The number of carbonyl (C=O) groups excluding carboxylic acids is 1. The number of piperidine rings is 1. The normalized spacial score (nSPS) is 23.5. The molecule has 1 aromatic carbocycles. The largest absolute Gasteiger partial charge is 0.491 e. The topological polar surface area (TPSA) is 54.9 Å². The van der Waals surface area contributed by atoms with Crippen LogP contribution in [-0.2, 0) is 11.3 Å². The number of fused-ring (bicyclic) bond motifs is 3. The molecule has 4 rings (SSSR count). The Balaban J connectivity index is 1.53. The lowest BCUT2D eigenvalue weighted by atomic mass is 9.89. The van der Waals surface area contributed by atoms with Crippen LogP contribution in [0.1, 0.15) is 41.7 Å². The van der Waals surface area contributed by atoms with E-state index in [0.29, 0.717) is 23.8 Å². The molecule has 1 amide bonds. The van der Waals surface area contributed by atoms with Gasteiger partial charge in [0.2, 0.25) is 0 Å². The van der Waals surface area contributed by atoms with E-state index in [1.807, 2.05) is 47.5 Å². The van der Waals surface area contributed by atoms with Crippen LogP contribution < -0.4 is 4.74 Å². The molecule has 0 spiro atoms. The molecule has 2 aromatic rings. The fraction of sp³-hybridized carbons (Fsp3) is 0.520. The van der Waals surface area contributed by atoms with Gasteiger partial charge in [-0.25, -0.2) is 0 Å². The first-order valence-corrected chi connectivity index (χ1v) is 11.4. The number of para-hydroxylation sites is 1. The van der Waals surface area contributed by atoms with E-state index in [4.69, 9.17) is 9.47 Å². The van der Waals surface area contributed by atoms with Crippen molar-refractivity contribution in [3.8, 4) is 5.75 Å². The Morgan fingerprint density at radius 3 is 2.77 bits per heavy atom. The summed E-state index contributed by atoms with van der Waals surface area (Å²) in [4.78, 5) is 22.2. The maximum Gasteiger partial charge on any atom is 0.257 e. The van der Waals surface area contributed by atoms with Crippen LogP contribution >= 0.6 is 0 Å². The number of hydrogen-bond acceptors (Lipinski definition) is 5. The average molecular weight is 424 g/mol. The van der Waals surface area contributed by atoms with Crippen LogP contribution in [0.15, 0.2) is 48.7 Å². The third-order valence-corrected chi connectivity index (χ3v) is 6.45. The van der Waals surface area contributed by atoms with Crippen LogP contribution in [0.3, 0.4) is 0 Å². The standard InChI is InChI=1S/C25H33N3O3/c1-30-23-12-15-28-18-20(23)8-5-7-14-27(19-21-9-4-6-13-26-21)16-17-31-24-11-3-2-10-22(24)25(28)29/h2-4,6,9-11,13,20,23H,5,7-8,12,14-19H2,1H3/t20-,23+/m0/s1. The number of aromatic nitrogens is 1. The van der Waals surface area contributed by atoms with Gasteiger partial charge in [-0.3, -0.25) is 14.7 Å². The van der Waals surface area contributed by atoms with E-state index in [2.05, 4.69) is 16.0 Å². The highest BCUT2D eigenvalue weighted by molar-refractivity contribution is 5.97. The van der Waals surface area contributed by atoms with Gasteiger partial charge < -0.3 is 14.4 Å². The Hall–Kier alpha value is -2.44. The molecule has 0 N–H and O–H groups in total. The molecule has 2 bridgehead atoms. The Kier molecular flexibility index (Phi) is 7.54. The van der Waals surface area contributed by atoms with Gasteiger partial charge in [-0.1, -0.05) is 24.6 Å². The van der Waals surface area contributed by atoms with Crippen molar-refractivity contribution >= 4 is 5.91 Å². The maximum absolute atomic E-state index is 13.3. The van der Waals surface area contributed by atoms with Gasteiger partial charge in [0.1, 0.15) is 12.4 Å². The Bertz CT molecular complexity index is 845. The second-order valence-corrected chi connectivity index (χ2v) is 8.51. The van der Waals surface area contributed by atoms with Crippen molar-refractivity contribution in [3.05, 3.63) is 59.9 Å². The van der Waals surface area contributed by atoms with Crippen LogP contribution in [0.4, 0.5) is 0 Å². The minimum atomic E-state index is 0.0672. The molecule has 1 fully saturated rings. The van der Waals surface area contributed by atoms with Crippen LogP contribution in [0.5, 0.6) is 5.75 Å². The number of nitrogens with zero attached hydrogens (tertiary/aromatic N) is 3. The predicted octanol–water partition coefficient (Wildman–Crippen LogP) is 3.62. The van der Waals surface area contributed by atoms with Crippen LogP contribution in [0, 0.1) is 5.92 Å². The first kappa shape index (κ1) is 21.8. The van der Waals surface area contributed by atoms with Crippen molar-refractivity contribution < 1.29 is 14.3 Å². The molecular formula is C25H33N3O3. The third-order valence-electron chi connectivity index (χ3n) is 6.45. The maximum atomic E-state index is 13.3. The summed E-state index contributed by atoms with van der Waals surface area (Å²) in [6, 6.07) is 13.7. The quantitative estimate of drug-likeness (QED) is 0.755. The van der Waals surface area contributed by atoms with Crippen molar-refractivity contribution in [2.45, 2.75) is 38.3 Å². The van der Waals surface area contributed by atoms with Gasteiger partial charge in [0.15, 0.2) is 0 Å². The van der Waals surface area contributed by atoms with Crippen molar-refractivity contribution in [1.29, 1.82) is 0 Å². The number of pyridine rings is 1. The van der Waals surface area contributed by atoms with E-state index >= 15 is 0 Å². The predicted molar refractivity (Wildman–Crippen MR) is 120 cm³/mol. The highest BCUT2D eigenvalue weighted by Crippen LogP contribution is 2.28. The summed E-state index contributed by atoms with van der Waals surface area (Å²) in [5, 5.41) is 0. The molecule has 0 saturated carbocycles. The van der Waals surface area contributed by atoms with Crippen LogP contribution in [-0.4, -0.2) is 66.7 Å². The minimum Gasteiger partial charge on any atom is -0.491 e. The number of ether oxygens (including phenoxy) is 2. The SMILES string of the molecule is CO[C@@H]1CCN2C[C@@H]1CCCCN(Cc1ccccn1)CCOc1ccccc1C2=O. The summed E-state index contributed by atoms with van der Waals surface area (Å²) in [6.07, 6.45) is 6.29. The highest BCUT2D eigenvalue weighted by atomic mass is 16.5. The van der Waals surface area contributed by atoms with Crippen molar-refractivity contribution in [1.82, 2.24) is 14.8 Å². The molecule has 0 unspecified atom stereocenters. The Labute approximate surface area is 185 Å². The van der Waals surface area contributed by atoms with Gasteiger partial charge in [-0.2, -0.15) is 0 Å². The van der Waals surface area contributed by atoms with Gasteiger partial charge in [-0.05, 0) is 50.1 Å². The fourth-order valence-electron chi connectivity index (χ4n) is 4.74. The first-order chi connectivity index (χ1) is 15.2. The van der Waals surface area contributed by atoms with Gasteiger partial charge in [0.25, 0.3) is 5.91 Å². The number of amides is 1. The molecule has 6 nitrogen and oxygen atoms in total. The van der Waals surface area contributed by atoms with E-state index < -0.39 is 0 Å². The van der Waals surface area contributed by atoms with Crippen LogP contribution in [0.25, 0.3) is 0 Å². The second kappa shape index (κ2) is 10.7. The lowest BCUT2D eigenvalue weighted by molar-refractivity contribution is -0.00702. The van der Waals surface area contributed by atoms with Crippen molar-refractivity contribution in [2.24, 2.45) is 5.92 Å². The first-order valence-electron chi connectivity index (χ1n) is 11.4. The number of benzene rings is 1. The lowest BCUT2D eigenvalue weighted by Gasteiger charge is -2.38. The van der Waals surface area contributed by atoms with Crippen molar-refractivity contribution in [3.63, 3.8) is 0 Å². The zero-order chi connectivity index (χ0) is 21.5. The Morgan fingerprint density at radius 2 is 1.94 bits per heavy atom. The molecule has 6 heteroatoms. The van der Waals surface area contributed by atoms with Gasteiger partial charge >= 0.3 is 0 Å². The molecule has 0 aliphatic carbocycles. The fourth-order valence-corrected chi connectivity index (χ4v) is 4.74. The zero-order valence-electron chi connectivity index (χ0n) is 18.4. The van der Waals surface area contributed by atoms with Gasteiger partial charge in [-0.15, -0.1) is 0 Å². The van der Waals surface area contributed by atoms with E-state index in [0.717, 1.165) is 64.1 Å². The molecule has 0 radical (unpaired) electrons. The Morgan fingerprint density at radius 1 is 1.06 bits per heavy atom. The van der Waals surface area contributed by atoms with Crippen LogP contribution in [0.2, 0.25) is 0 Å². The molecule has 166 valence electrons. The smallest absolute Gasteiger partial charge is 0.257 e. The third kappa shape index (κ3) is 5.63. The molecular weight excluding hydrogens is 390 g/mol. The summed E-state index contributed by atoms with van der Waals surface area (Å²) in [7, 11) is 1.80. The average Bonchev–Trinajstić information content (AvgIpc) is 2.81. The number of carbonyl (C=O) groups is 1. The molecule has 1 saturated heterocycles. The molecule has 2 aliphatic heterocycles. The van der Waals surface area contributed by atoms with E-state index in [1.54, 1.807) is 7.11 Å². The summed E-state index contributed by atoms with van der Waals surface area (Å²) < 4.78 is 11.9.